The first kappa shape index (κ1) is 20.4. The monoisotopic (exact) mass is 418 g/mol. The van der Waals surface area contributed by atoms with Crippen molar-refractivity contribution < 1.29 is 14.4 Å². The number of carbonyl (C=O) groups excluding carboxylic acids is 3. The van der Waals surface area contributed by atoms with Gasteiger partial charge in [0.15, 0.2) is 0 Å². The van der Waals surface area contributed by atoms with Gasteiger partial charge in [0.25, 0.3) is 17.8 Å². The van der Waals surface area contributed by atoms with Gasteiger partial charge < -0.3 is 5.32 Å². The highest BCUT2D eigenvalue weighted by Gasteiger charge is 2.34. The zero-order chi connectivity index (χ0) is 22.1. The fraction of sp³-hybridized carbons (Fsp3) is 0.273. The van der Waals surface area contributed by atoms with Crippen LogP contribution in [0.15, 0.2) is 36.7 Å². The molecule has 9 heteroatoms. The number of fused-ring (bicyclic) bond motifs is 1. The van der Waals surface area contributed by atoms with E-state index in [2.05, 4.69) is 20.4 Å². The fourth-order valence-corrected chi connectivity index (χ4v) is 3.47. The molecular weight excluding hydrogens is 396 g/mol. The molecule has 0 spiro atoms. The van der Waals surface area contributed by atoms with E-state index in [1.807, 2.05) is 20.8 Å². The van der Waals surface area contributed by atoms with Crippen LogP contribution in [0.2, 0.25) is 0 Å². The predicted molar refractivity (Wildman–Crippen MR) is 113 cm³/mol. The van der Waals surface area contributed by atoms with Crippen LogP contribution in [0.25, 0.3) is 5.95 Å². The average Bonchev–Trinajstić information content (AvgIpc) is 3.17. The van der Waals surface area contributed by atoms with Gasteiger partial charge in [-0.3, -0.25) is 19.3 Å². The van der Waals surface area contributed by atoms with Gasteiger partial charge in [-0.05, 0) is 44.9 Å². The van der Waals surface area contributed by atoms with Crippen molar-refractivity contribution in [3.05, 3.63) is 64.7 Å². The van der Waals surface area contributed by atoms with Gasteiger partial charge in [-0.25, -0.2) is 14.6 Å². The topological polar surface area (TPSA) is 110 Å². The van der Waals surface area contributed by atoms with Gasteiger partial charge in [-0.15, -0.1) is 0 Å². The summed E-state index contributed by atoms with van der Waals surface area (Å²) in [6.07, 6.45) is 3.57. The summed E-state index contributed by atoms with van der Waals surface area (Å²) in [7, 11) is 0. The molecule has 1 N–H and O–H groups in total. The molecule has 0 radical (unpaired) electrons. The normalized spacial score (nSPS) is 12.9. The van der Waals surface area contributed by atoms with Crippen LogP contribution >= 0.6 is 0 Å². The summed E-state index contributed by atoms with van der Waals surface area (Å²) in [4.78, 5) is 46.7. The summed E-state index contributed by atoms with van der Waals surface area (Å²) >= 11 is 0. The Kier molecular flexibility index (Phi) is 5.33. The summed E-state index contributed by atoms with van der Waals surface area (Å²) in [5.74, 6) is -0.444. The zero-order valence-electron chi connectivity index (χ0n) is 17.5. The summed E-state index contributed by atoms with van der Waals surface area (Å²) in [6.45, 7) is 6.05. The number of aromatic nitrogens is 4. The highest BCUT2D eigenvalue weighted by atomic mass is 16.2. The quantitative estimate of drug-likeness (QED) is 0.616. The molecule has 3 heterocycles. The van der Waals surface area contributed by atoms with Crippen molar-refractivity contribution in [2.24, 2.45) is 0 Å². The molecule has 3 amide bonds. The van der Waals surface area contributed by atoms with Gasteiger partial charge in [0.2, 0.25) is 5.91 Å². The number of hydrogen-bond acceptors (Lipinski definition) is 6. The number of aryl methyl sites for hydroxylation is 1. The molecule has 31 heavy (non-hydrogen) atoms. The minimum absolute atomic E-state index is 0.159. The van der Waals surface area contributed by atoms with Crippen LogP contribution in [0, 0.1) is 20.8 Å². The lowest BCUT2D eigenvalue weighted by atomic mass is 10.1. The second-order valence-electron chi connectivity index (χ2n) is 7.44. The first-order valence-corrected chi connectivity index (χ1v) is 9.97. The predicted octanol–water partition coefficient (Wildman–Crippen LogP) is 2.60. The molecule has 0 atom stereocenters. The van der Waals surface area contributed by atoms with E-state index in [0.717, 1.165) is 17.0 Å². The van der Waals surface area contributed by atoms with Gasteiger partial charge >= 0.3 is 0 Å². The van der Waals surface area contributed by atoms with Crippen molar-refractivity contribution >= 4 is 23.4 Å². The molecule has 1 aromatic carbocycles. The van der Waals surface area contributed by atoms with Gasteiger partial charge in [0.05, 0.1) is 34.9 Å². The van der Waals surface area contributed by atoms with Crippen LogP contribution in [0.4, 0.5) is 5.69 Å². The number of anilines is 1. The Morgan fingerprint density at radius 1 is 1.00 bits per heavy atom. The molecule has 0 bridgehead atoms. The molecule has 1 aliphatic heterocycles. The Labute approximate surface area is 179 Å². The lowest BCUT2D eigenvalue weighted by molar-refractivity contribution is -0.116. The average molecular weight is 418 g/mol. The van der Waals surface area contributed by atoms with E-state index in [1.165, 1.54) is 17.3 Å². The van der Waals surface area contributed by atoms with E-state index < -0.39 is 0 Å². The maximum atomic E-state index is 12.4. The summed E-state index contributed by atoms with van der Waals surface area (Å²) in [5, 5.41) is 7.16. The molecule has 0 saturated carbocycles. The van der Waals surface area contributed by atoms with Crippen LogP contribution in [-0.4, -0.2) is 48.9 Å². The Bertz CT molecular complexity index is 1150. The van der Waals surface area contributed by atoms with Crippen LogP contribution in [-0.2, 0) is 4.79 Å². The van der Waals surface area contributed by atoms with Crippen molar-refractivity contribution in [2.45, 2.75) is 33.6 Å². The number of hydrogen-bond donors (Lipinski definition) is 1. The first-order valence-electron chi connectivity index (χ1n) is 9.97. The second kappa shape index (κ2) is 8.10. The van der Waals surface area contributed by atoms with Crippen LogP contribution < -0.4 is 5.32 Å². The van der Waals surface area contributed by atoms with Crippen molar-refractivity contribution in [1.82, 2.24) is 24.6 Å². The Morgan fingerprint density at radius 3 is 2.16 bits per heavy atom. The number of carbonyl (C=O) groups is 3. The highest BCUT2D eigenvalue weighted by molar-refractivity contribution is 6.21. The van der Waals surface area contributed by atoms with Crippen LogP contribution in [0.1, 0.15) is 50.5 Å². The Balaban J connectivity index is 1.31. The number of amides is 3. The minimum atomic E-state index is -0.315. The van der Waals surface area contributed by atoms with Crippen LogP contribution in [0.5, 0.6) is 0 Å². The van der Waals surface area contributed by atoms with E-state index in [1.54, 1.807) is 28.9 Å². The van der Waals surface area contributed by atoms with Crippen LogP contribution in [0.3, 0.4) is 0 Å². The van der Waals surface area contributed by atoms with Gasteiger partial charge in [0.1, 0.15) is 0 Å². The molecule has 0 saturated heterocycles. The zero-order valence-corrected chi connectivity index (χ0v) is 17.5. The van der Waals surface area contributed by atoms with Gasteiger partial charge in [-0.2, -0.15) is 5.10 Å². The molecule has 158 valence electrons. The van der Waals surface area contributed by atoms with E-state index in [9.17, 15) is 14.4 Å². The maximum absolute atomic E-state index is 12.4. The molecule has 0 fully saturated rings. The number of nitrogens with one attached hydrogen (secondary N) is 1. The number of nitrogens with zero attached hydrogens (tertiary/aromatic N) is 5. The molecule has 1 aliphatic rings. The lowest BCUT2D eigenvalue weighted by Crippen LogP contribution is -2.31. The van der Waals surface area contributed by atoms with E-state index in [-0.39, 0.29) is 30.7 Å². The minimum Gasteiger partial charge on any atom is -0.323 e. The van der Waals surface area contributed by atoms with Gasteiger partial charge in [0, 0.05) is 18.7 Å². The molecule has 0 aliphatic carbocycles. The maximum Gasteiger partial charge on any atom is 0.261 e. The van der Waals surface area contributed by atoms with E-state index in [4.69, 9.17) is 0 Å². The SMILES string of the molecule is Cc1nn(-c2ncc(NC(=O)CCCN3C(=O)c4ccccc4C3=O)cn2)c(C)c1C. The lowest BCUT2D eigenvalue weighted by Gasteiger charge is -2.13. The summed E-state index contributed by atoms with van der Waals surface area (Å²) in [6, 6.07) is 6.73. The smallest absolute Gasteiger partial charge is 0.261 e. The number of benzene rings is 1. The third-order valence-corrected chi connectivity index (χ3v) is 5.43. The van der Waals surface area contributed by atoms with E-state index >= 15 is 0 Å². The van der Waals surface area contributed by atoms with E-state index in [0.29, 0.717) is 29.2 Å². The fourth-order valence-electron chi connectivity index (χ4n) is 3.47. The molecule has 4 rings (SSSR count). The highest BCUT2D eigenvalue weighted by Crippen LogP contribution is 2.22. The third-order valence-electron chi connectivity index (χ3n) is 5.43. The molecule has 9 nitrogen and oxygen atoms in total. The third kappa shape index (κ3) is 3.81. The van der Waals surface area contributed by atoms with Crippen molar-refractivity contribution in [3.8, 4) is 5.95 Å². The first-order chi connectivity index (χ1) is 14.9. The van der Waals surface area contributed by atoms with Gasteiger partial charge in [-0.1, -0.05) is 12.1 Å². The Hall–Kier alpha value is -3.88. The Morgan fingerprint density at radius 2 is 1.61 bits per heavy atom. The number of rotatable bonds is 6. The number of imide groups is 1. The second-order valence-corrected chi connectivity index (χ2v) is 7.44. The molecule has 0 unspecified atom stereocenters. The largest absolute Gasteiger partial charge is 0.323 e. The summed E-state index contributed by atoms with van der Waals surface area (Å²) in [5.41, 5.74) is 4.24. The van der Waals surface area contributed by atoms with Crippen molar-refractivity contribution in [2.75, 3.05) is 11.9 Å². The molecule has 3 aromatic rings. The molecular formula is C22H22N6O3. The standard InChI is InChI=1S/C22H22N6O3/c1-13-14(2)26-28(15(13)3)22-23-11-16(12-24-22)25-19(29)9-6-10-27-20(30)17-7-4-5-8-18(17)21(27)31/h4-5,7-8,11-12H,6,9-10H2,1-3H3,(H,25,29). The molecule has 2 aromatic heterocycles. The summed E-state index contributed by atoms with van der Waals surface area (Å²) < 4.78 is 1.67. The van der Waals surface area contributed by atoms with Crippen molar-refractivity contribution in [1.29, 1.82) is 0 Å². The van der Waals surface area contributed by atoms with Crippen molar-refractivity contribution in [3.63, 3.8) is 0 Å².